The van der Waals surface area contributed by atoms with Gasteiger partial charge in [0, 0.05) is 16.9 Å². The normalized spacial score (nSPS) is 9.71. The van der Waals surface area contributed by atoms with E-state index in [2.05, 4.69) is 5.32 Å². The van der Waals surface area contributed by atoms with Crippen molar-refractivity contribution >= 4 is 17.7 Å². The molecule has 0 heterocycles. The molecule has 0 spiro atoms. The Morgan fingerprint density at radius 2 is 1.76 bits per heavy atom. The van der Waals surface area contributed by atoms with Gasteiger partial charge in [-0.1, -0.05) is 12.1 Å². The van der Waals surface area contributed by atoms with Crippen molar-refractivity contribution < 1.29 is 9.53 Å². The van der Waals surface area contributed by atoms with Gasteiger partial charge in [0.1, 0.15) is 5.75 Å². The summed E-state index contributed by atoms with van der Waals surface area (Å²) >= 11 is 0. The van der Waals surface area contributed by atoms with E-state index < -0.39 is 0 Å². The number of ether oxygens (including phenoxy) is 1. The molecule has 17 heavy (non-hydrogen) atoms. The van der Waals surface area contributed by atoms with Gasteiger partial charge in [-0.2, -0.15) is 0 Å². The van der Waals surface area contributed by atoms with Crippen LogP contribution < -0.4 is 10.1 Å². The molecule has 0 bridgehead atoms. The second-order valence-corrected chi connectivity index (χ2v) is 3.56. The molecule has 0 radical (unpaired) electrons. The maximum absolute atomic E-state index is 10.9. The van der Waals surface area contributed by atoms with Crippen molar-refractivity contribution in [2.45, 2.75) is 0 Å². The van der Waals surface area contributed by atoms with Gasteiger partial charge in [-0.05, 0) is 36.4 Å². The first-order valence-corrected chi connectivity index (χ1v) is 5.29. The predicted octanol–water partition coefficient (Wildman–Crippen LogP) is 3.25. The lowest BCUT2D eigenvalue weighted by Gasteiger charge is -2.09. The number of benzene rings is 2. The zero-order valence-electron chi connectivity index (χ0n) is 9.51. The first-order chi connectivity index (χ1) is 8.33. The average Bonchev–Trinajstić information content (AvgIpc) is 2.40. The Morgan fingerprint density at radius 3 is 2.41 bits per heavy atom. The highest BCUT2D eigenvalue weighted by Gasteiger charge is 2.00. The number of nitrogens with one attached hydrogen (secondary N) is 1. The smallest absolute Gasteiger partial charge is 0.152 e. The van der Waals surface area contributed by atoms with Gasteiger partial charge in [-0.15, -0.1) is 0 Å². The Hall–Kier alpha value is -2.29. The maximum atomic E-state index is 10.9. The van der Waals surface area contributed by atoms with Crippen molar-refractivity contribution in [2.75, 3.05) is 12.4 Å². The van der Waals surface area contributed by atoms with Crippen LogP contribution in [0.5, 0.6) is 5.75 Å². The predicted molar refractivity (Wildman–Crippen MR) is 68.1 cm³/mol. The Labute approximate surface area is 100 Å². The Bertz CT molecular complexity index is 506. The highest BCUT2D eigenvalue weighted by atomic mass is 16.5. The molecular formula is C14H13NO2. The average molecular weight is 227 g/mol. The number of methoxy groups -OCH3 is 1. The second-order valence-electron chi connectivity index (χ2n) is 3.56. The van der Waals surface area contributed by atoms with Crippen molar-refractivity contribution in [3.8, 4) is 5.75 Å². The summed E-state index contributed by atoms with van der Waals surface area (Å²) in [5.41, 5.74) is 2.36. The van der Waals surface area contributed by atoms with Crippen LogP contribution in [0.1, 0.15) is 10.4 Å². The summed E-state index contributed by atoms with van der Waals surface area (Å²) in [6, 6.07) is 14.9. The lowest BCUT2D eigenvalue weighted by Crippen LogP contribution is -1.94. The van der Waals surface area contributed by atoms with Gasteiger partial charge in [-0.25, -0.2) is 0 Å². The third kappa shape index (κ3) is 2.64. The van der Waals surface area contributed by atoms with E-state index in [1.807, 2.05) is 42.5 Å². The first kappa shape index (κ1) is 11.2. The van der Waals surface area contributed by atoms with Crippen LogP contribution in [0.4, 0.5) is 11.4 Å². The van der Waals surface area contributed by atoms with Crippen LogP contribution >= 0.6 is 0 Å². The van der Waals surface area contributed by atoms with Crippen molar-refractivity contribution in [3.63, 3.8) is 0 Å². The van der Waals surface area contributed by atoms with Crippen LogP contribution in [0.15, 0.2) is 48.5 Å². The number of hydrogen-bond donors (Lipinski definition) is 1. The van der Waals surface area contributed by atoms with Gasteiger partial charge >= 0.3 is 0 Å². The number of para-hydroxylation sites is 1. The summed E-state index contributed by atoms with van der Waals surface area (Å²) in [5, 5.41) is 3.19. The number of rotatable bonds is 4. The number of anilines is 2. The van der Waals surface area contributed by atoms with Crippen LogP contribution in [0.25, 0.3) is 0 Å². The molecule has 0 saturated heterocycles. The molecule has 0 aliphatic carbocycles. The fraction of sp³-hybridized carbons (Fsp3) is 0.0714. The van der Waals surface area contributed by atoms with Crippen molar-refractivity contribution in [1.29, 1.82) is 0 Å². The zero-order valence-corrected chi connectivity index (χ0v) is 9.51. The minimum atomic E-state index is 0.642. The molecule has 86 valence electrons. The minimum absolute atomic E-state index is 0.642. The highest BCUT2D eigenvalue weighted by molar-refractivity contribution is 5.85. The Morgan fingerprint density at radius 1 is 1.06 bits per heavy atom. The third-order valence-electron chi connectivity index (χ3n) is 2.46. The SMILES string of the molecule is COc1ccc(Nc2ccccc2C=O)cc1. The number of carbonyl (C=O) groups is 1. The van der Waals surface area contributed by atoms with Gasteiger partial charge in [0.25, 0.3) is 0 Å². The van der Waals surface area contributed by atoms with Crippen LogP contribution in [0.2, 0.25) is 0 Å². The van der Waals surface area contributed by atoms with Gasteiger partial charge in [0.15, 0.2) is 6.29 Å². The topological polar surface area (TPSA) is 38.3 Å². The number of hydrogen-bond acceptors (Lipinski definition) is 3. The van der Waals surface area contributed by atoms with Crippen molar-refractivity contribution in [3.05, 3.63) is 54.1 Å². The summed E-state index contributed by atoms with van der Waals surface area (Å²) < 4.78 is 5.08. The van der Waals surface area contributed by atoms with Gasteiger partial charge in [0.05, 0.1) is 7.11 Å². The van der Waals surface area contributed by atoms with E-state index in [-0.39, 0.29) is 0 Å². The zero-order chi connectivity index (χ0) is 12.1. The molecule has 0 saturated carbocycles. The van der Waals surface area contributed by atoms with Crippen LogP contribution in [0, 0.1) is 0 Å². The quantitative estimate of drug-likeness (QED) is 0.815. The molecule has 1 N–H and O–H groups in total. The van der Waals surface area contributed by atoms with E-state index in [0.29, 0.717) is 5.56 Å². The van der Waals surface area contributed by atoms with Gasteiger partial charge in [0.2, 0.25) is 0 Å². The largest absolute Gasteiger partial charge is 0.497 e. The summed E-state index contributed by atoms with van der Waals surface area (Å²) in [4.78, 5) is 10.9. The van der Waals surface area contributed by atoms with E-state index in [1.54, 1.807) is 13.2 Å². The third-order valence-corrected chi connectivity index (χ3v) is 2.46. The first-order valence-electron chi connectivity index (χ1n) is 5.29. The minimum Gasteiger partial charge on any atom is -0.497 e. The molecule has 2 aromatic rings. The molecule has 0 unspecified atom stereocenters. The van der Waals surface area contributed by atoms with E-state index in [0.717, 1.165) is 23.4 Å². The molecule has 0 atom stereocenters. The molecule has 0 aromatic heterocycles. The fourth-order valence-corrected chi connectivity index (χ4v) is 1.54. The fourth-order valence-electron chi connectivity index (χ4n) is 1.54. The second kappa shape index (κ2) is 5.16. The van der Waals surface area contributed by atoms with Crippen molar-refractivity contribution in [1.82, 2.24) is 0 Å². The molecule has 0 aliphatic rings. The summed E-state index contributed by atoms with van der Waals surface area (Å²) in [5.74, 6) is 0.805. The van der Waals surface area contributed by atoms with Gasteiger partial charge in [-0.3, -0.25) is 4.79 Å². The van der Waals surface area contributed by atoms with E-state index in [9.17, 15) is 4.79 Å². The van der Waals surface area contributed by atoms with Crippen LogP contribution in [-0.4, -0.2) is 13.4 Å². The maximum Gasteiger partial charge on any atom is 0.152 e. The molecular weight excluding hydrogens is 214 g/mol. The summed E-state index contributed by atoms with van der Waals surface area (Å²) in [7, 11) is 1.63. The van der Waals surface area contributed by atoms with Crippen molar-refractivity contribution in [2.24, 2.45) is 0 Å². The molecule has 3 heteroatoms. The Kier molecular flexibility index (Phi) is 3.40. The molecule has 2 rings (SSSR count). The summed E-state index contributed by atoms with van der Waals surface area (Å²) in [6.45, 7) is 0. The molecule has 0 aliphatic heterocycles. The van der Waals surface area contributed by atoms with Crippen LogP contribution in [0.3, 0.4) is 0 Å². The van der Waals surface area contributed by atoms with Crippen LogP contribution in [-0.2, 0) is 0 Å². The standard InChI is InChI=1S/C14H13NO2/c1-17-13-8-6-12(7-9-13)15-14-5-3-2-4-11(14)10-16/h2-10,15H,1H3. The monoisotopic (exact) mass is 227 g/mol. The molecule has 0 amide bonds. The number of aldehydes is 1. The summed E-state index contributed by atoms with van der Waals surface area (Å²) in [6.07, 6.45) is 0.839. The van der Waals surface area contributed by atoms with Gasteiger partial charge < -0.3 is 10.1 Å². The molecule has 2 aromatic carbocycles. The Balaban J connectivity index is 2.22. The lowest BCUT2D eigenvalue weighted by molar-refractivity contribution is 0.112. The van der Waals surface area contributed by atoms with E-state index in [1.165, 1.54) is 0 Å². The highest BCUT2D eigenvalue weighted by Crippen LogP contribution is 2.21. The van der Waals surface area contributed by atoms with E-state index in [4.69, 9.17) is 4.74 Å². The lowest BCUT2D eigenvalue weighted by atomic mass is 10.2. The number of carbonyl (C=O) groups excluding carboxylic acids is 1. The van der Waals surface area contributed by atoms with E-state index >= 15 is 0 Å². The molecule has 0 fully saturated rings. The molecule has 3 nitrogen and oxygen atoms in total.